The van der Waals surface area contributed by atoms with Crippen molar-refractivity contribution in [3.63, 3.8) is 0 Å². The molecule has 2 rings (SSSR count). The Labute approximate surface area is 109 Å². The number of aromatic carboxylic acids is 1. The minimum atomic E-state index is -1.07. The lowest BCUT2D eigenvalue weighted by molar-refractivity contribution is 0.0692. The molecule has 0 amide bonds. The maximum absolute atomic E-state index is 11.0. The molecule has 0 aliphatic carbocycles. The van der Waals surface area contributed by atoms with E-state index in [2.05, 4.69) is 5.10 Å². The zero-order valence-corrected chi connectivity index (χ0v) is 10.4. The second-order valence-electron chi connectivity index (χ2n) is 3.76. The number of hydrogen-bond acceptors (Lipinski definition) is 3. The highest BCUT2D eigenvalue weighted by Crippen LogP contribution is 2.23. The van der Waals surface area contributed by atoms with Crippen molar-refractivity contribution >= 4 is 17.6 Å². The van der Waals surface area contributed by atoms with Crippen molar-refractivity contribution < 1.29 is 14.6 Å². The van der Waals surface area contributed by atoms with Crippen molar-refractivity contribution in [2.75, 3.05) is 0 Å². The van der Waals surface area contributed by atoms with Gasteiger partial charge in [0, 0.05) is 23.8 Å². The van der Waals surface area contributed by atoms with Gasteiger partial charge in [0.05, 0.1) is 6.20 Å². The van der Waals surface area contributed by atoms with Crippen molar-refractivity contribution in [3.8, 4) is 5.75 Å². The van der Waals surface area contributed by atoms with Crippen LogP contribution in [0.1, 0.15) is 15.9 Å². The maximum atomic E-state index is 11.0. The van der Waals surface area contributed by atoms with Crippen molar-refractivity contribution in [1.29, 1.82) is 0 Å². The largest absolute Gasteiger partial charge is 0.488 e. The molecule has 0 bridgehead atoms. The molecule has 1 heterocycles. The number of ether oxygens (including phenoxy) is 1. The third-order valence-corrected chi connectivity index (χ3v) is 2.56. The Hall–Kier alpha value is -2.01. The van der Waals surface area contributed by atoms with E-state index in [1.54, 1.807) is 36.3 Å². The lowest BCUT2D eigenvalue weighted by Gasteiger charge is -2.08. The highest BCUT2D eigenvalue weighted by Gasteiger charge is 2.12. The molecule has 0 unspecified atom stereocenters. The number of hydrogen-bond donors (Lipinski definition) is 1. The van der Waals surface area contributed by atoms with Gasteiger partial charge < -0.3 is 9.84 Å². The first-order valence-electron chi connectivity index (χ1n) is 5.19. The van der Waals surface area contributed by atoms with Gasteiger partial charge in [0.2, 0.25) is 0 Å². The van der Waals surface area contributed by atoms with Crippen LogP contribution in [-0.4, -0.2) is 20.9 Å². The number of carbonyl (C=O) groups is 1. The molecule has 5 nitrogen and oxygen atoms in total. The number of nitrogens with zero attached hydrogens (tertiary/aromatic N) is 2. The van der Waals surface area contributed by atoms with Crippen LogP contribution in [0.3, 0.4) is 0 Å². The number of aryl methyl sites for hydroxylation is 1. The molecule has 0 radical (unpaired) electrons. The average molecular weight is 267 g/mol. The van der Waals surface area contributed by atoms with Crippen LogP contribution < -0.4 is 4.74 Å². The van der Waals surface area contributed by atoms with Crippen molar-refractivity contribution in [3.05, 3.63) is 46.7 Å². The van der Waals surface area contributed by atoms with E-state index in [-0.39, 0.29) is 17.9 Å². The van der Waals surface area contributed by atoms with Gasteiger partial charge in [0.25, 0.3) is 0 Å². The molecule has 2 aromatic rings. The Morgan fingerprint density at radius 3 is 2.94 bits per heavy atom. The molecule has 0 saturated carbocycles. The molecule has 0 aliphatic rings. The number of carboxylic acids is 1. The van der Waals surface area contributed by atoms with Gasteiger partial charge in [-0.2, -0.15) is 5.10 Å². The molecule has 0 fully saturated rings. The minimum Gasteiger partial charge on any atom is -0.488 e. The molecular weight excluding hydrogens is 256 g/mol. The van der Waals surface area contributed by atoms with Gasteiger partial charge >= 0.3 is 5.97 Å². The first-order chi connectivity index (χ1) is 8.56. The Bertz CT molecular complexity index is 580. The summed E-state index contributed by atoms with van der Waals surface area (Å²) in [6.45, 7) is 0.260. The number of benzene rings is 1. The van der Waals surface area contributed by atoms with Crippen LogP contribution in [0.5, 0.6) is 5.75 Å². The van der Waals surface area contributed by atoms with Crippen LogP contribution in [-0.2, 0) is 13.7 Å². The van der Waals surface area contributed by atoms with Crippen molar-refractivity contribution in [2.24, 2.45) is 7.05 Å². The number of aromatic nitrogens is 2. The van der Waals surface area contributed by atoms with Crippen molar-refractivity contribution in [2.45, 2.75) is 6.61 Å². The van der Waals surface area contributed by atoms with Gasteiger partial charge in [-0.15, -0.1) is 0 Å². The first-order valence-corrected chi connectivity index (χ1v) is 5.57. The summed E-state index contributed by atoms with van der Waals surface area (Å²) >= 11 is 5.75. The summed E-state index contributed by atoms with van der Waals surface area (Å²) in [5.41, 5.74) is 0.912. The second kappa shape index (κ2) is 5.10. The van der Waals surface area contributed by atoms with E-state index in [1.807, 2.05) is 0 Å². The van der Waals surface area contributed by atoms with Gasteiger partial charge in [-0.1, -0.05) is 11.6 Å². The number of carboxylic acid groups (broad SMARTS) is 1. The fourth-order valence-electron chi connectivity index (χ4n) is 1.50. The quantitative estimate of drug-likeness (QED) is 0.923. The molecule has 0 saturated heterocycles. The highest BCUT2D eigenvalue weighted by atomic mass is 35.5. The fourth-order valence-corrected chi connectivity index (χ4v) is 1.67. The topological polar surface area (TPSA) is 64.3 Å². The van der Waals surface area contributed by atoms with Crippen LogP contribution in [0, 0.1) is 0 Å². The Balaban J connectivity index is 2.16. The number of halogens is 1. The molecule has 0 atom stereocenters. The molecule has 1 aromatic heterocycles. The van der Waals surface area contributed by atoms with Crippen LogP contribution in [0.15, 0.2) is 30.6 Å². The summed E-state index contributed by atoms with van der Waals surface area (Å²) in [4.78, 5) is 11.0. The minimum absolute atomic E-state index is 0.0476. The molecule has 94 valence electrons. The van der Waals surface area contributed by atoms with E-state index in [0.29, 0.717) is 5.02 Å². The first kappa shape index (κ1) is 12.4. The molecule has 1 N–H and O–H groups in total. The zero-order valence-electron chi connectivity index (χ0n) is 9.63. The molecule has 18 heavy (non-hydrogen) atoms. The van der Waals surface area contributed by atoms with Crippen LogP contribution in [0.25, 0.3) is 0 Å². The lowest BCUT2D eigenvalue weighted by atomic mass is 10.2. The predicted octanol–water partition coefficient (Wildman–Crippen LogP) is 2.35. The predicted molar refractivity (Wildman–Crippen MR) is 66.0 cm³/mol. The van der Waals surface area contributed by atoms with E-state index < -0.39 is 5.97 Å². The van der Waals surface area contributed by atoms with Gasteiger partial charge in [-0.05, 0) is 18.2 Å². The smallest absolute Gasteiger partial charge is 0.339 e. The molecule has 6 heteroatoms. The fraction of sp³-hybridized carbons (Fsp3) is 0.167. The summed E-state index contributed by atoms with van der Waals surface area (Å²) in [5, 5.41) is 13.4. The van der Waals surface area contributed by atoms with Gasteiger partial charge in [0.15, 0.2) is 0 Å². The highest BCUT2D eigenvalue weighted by molar-refractivity contribution is 6.31. The Morgan fingerprint density at radius 2 is 2.33 bits per heavy atom. The molecular formula is C12H11ClN2O3. The summed E-state index contributed by atoms with van der Waals surface area (Å²) in [6, 6.07) is 4.50. The van der Waals surface area contributed by atoms with Crippen LogP contribution in [0.4, 0.5) is 0 Å². The number of rotatable bonds is 4. The second-order valence-corrected chi connectivity index (χ2v) is 4.19. The van der Waals surface area contributed by atoms with E-state index >= 15 is 0 Å². The summed E-state index contributed by atoms with van der Waals surface area (Å²) in [7, 11) is 1.80. The lowest BCUT2D eigenvalue weighted by Crippen LogP contribution is -2.03. The maximum Gasteiger partial charge on any atom is 0.339 e. The normalized spacial score (nSPS) is 10.3. The monoisotopic (exact) mass is 266 g/mol. The molecule has 0 spiro atoms. The standard InChI is InChI=1S/C12H11ClN2O3/c1-15-6-8(5-14-15)7-18-11-3-2-9(13)4-10(11)12(16)17/h2-6H,7H2,1H3,(H,16,17). The zero-order chi connectivity index (χ0) is 13.1. The molecule has 1 aromatic carbocycles. The van der Waals surface area contributed by atoms with E-state index in [0.717, 1.165) is 5.56 Å². The summed E-state index contributed by atoms with van der Waals surface area (Å²) < 4.78 is 7.11. The van der Waals surface area contributed by atoms with Gasteiger partial charge in [-0.25, -0.2) is 4.79 Å². The van der Waals surface area contributed by atoms with Crippen molar-refractivity contribution in [1.82, 2.24) is 9.78 Å². The molecule has 0 aliphatic heterocycles. The van der Waals surface area contributed by atoms with Gasteiger partial charge in [0.1, 0.15) is 17.9 Å². The Kier molecular flexibility index (Phi) is 3.53. The van der Waals surface area contributed by atoms with Crippen LogP contribution >= 0.6 is 11.6 Å². The average Bonchev–Trinajstić information content (AvgIpc) is 2.73. The van der Waals surface area contributed by atoms with E-state index in [9.17, 15) is 4.79 Å². The summed E-state index contributed by atoms with van der Waals surface area (Å²) in [6.07, 6.45) is 3.46. The van der Waals surface area contributed by atoms with Gasteiger partial charge in [-0.3, -0.25) is 4.68 Å². The Morgan fingerprint density at radius 1 is 1.56 bits per heavy atom. The third kappa shape index (κ3) is 2.81. The summed E-state index contributed by atoms with van der Waals surface area (Å²) in [5.74, 6) is -0.783. The van der Waals surface area contributed by atoms with E-state index in [1.165, 1.54) is 6.07 Å². The SMILES string of the molecule is Cn1cc(COc2ccc(Cl)cc2C(=O)O)cn1. The van der Waals surface area contributed by atoms with E-state index in [4.69, 9.17) is 21.4 Å². The third-order valence-electron chi connectivity index (χ3n) is 2.32. The van der Waals surface area contributed by atoms with Crippen LogP contribution in [0.2, 0.25) is 5.02 Å².